The van der Waals surface area contributed by atoms with Gasteiger partial charge in [0.15, 0.2) is 0 Å². The van der Waals surface area contributed by atoms with Crippen LogP contribution >= 0.6 is 0 Å². The summed E-state index contributed by atoms with van der Waals surface area (Å²) in [7, 11) is 0. The summed E-state index contributed by atoms with van der Waals surface area (Å²) in [6.45, 7) is 5.59. The lowest BCUT2D eigenvalue weighted by Crippen LogP contribution is -2.28. The van der Waals surface area contributed by atoms with Gasteiger partial charge in [-0.25, -0.2) is 0 Å². The first-order valence-corrected chi connectivity index (χ1v) is 6.30. The number of hydrogen-bond acceptors (Lipinski definition) is 4. The zero-order valence-corrected chi connectivity index (χ0v) is 11.3. The van der Waals surface area contributed by atoms with Crippen LogP contribution in [0.15, 0.2) is 28.9 Å². The van der Waals surface area contributed by atoms with Crippen molar-refractivity contribution in [3.8, 4) is 0 Å². The number of nitrogens with one attached hydrogen (secondary N) is 1. The number of aryl methyl sites for hydroxylation is 2. The zero-order valence-electron chi connectivity index (χ0n) is 11.3. The number of amides is 1. The van der Waals surface area contributed by atoms with Gasteiger partial charge in [0.25, 0.3) is 5.91 Å². The number of pyridine rings is 1. The summed E-state index contributed by atoms with van der Waals surface area (Å²) in [5, 5.41) is 6.75. The van der Waals surface area contributed by atoms with E-state index in [9.17, 15) is 4.79 Å². The normalized spacial score (nSPS) is 12.2. The van der Waals surface area contributed by atoms with E-state index in [0.29, 0.717) is 23.4 Å². The Labute approximate surface area is 112 Å². The molecule has 5 nitrogen and oxygen atoms in total. The molecule has 100 valence electrons. The fourth-order valence-corrected chi connectivity index (χ4v) is 1.92. The molecule has 2 rings (SSSR count). The van der Waals surface area contributed by atoms with Crippen LogP contribution in [-0.2, 0) is 6.42 Å². The van der Waals surface area contributed by atoms with Gasteiger partial charge in [0.2, 0.25) is 0 Å². The third-order valence-electron chi connectivity index (χ3n) is 2.96. The number of carbonyl (C=O) groups is 1. The van der Waals surface area contributed by atoms with Crippen molar-refractivity contribution in [2.24, 2.45) is 0 Å². The average molecular weight is 259 g/mol. The van der Waals surface area contributed by atoms with E-state index in [2.05, 4.69) is 15.5 Å². The van der Waals surface area contributed by atoms with E-state index >= 15 is 0 Å². The van der Waals surface area contributed by atoms with Crippen molar-refractivity contribution in [1.82, 2.24) is 15.5 Å². The van der Waals surface area contributed by atoms with Crippen LogP contribution in [0.25, 0.3) is 0 Å². The first-order valence-electron chi connectivity index (χ1n) is 6.30. The summed E-state index contributed by atoms with van der Waals surface area (Å²) < 4.78 is 5.13. The van der Waals surface area contributed by atoms with E-state index in [1.165, 1.54) is 0 Å². The van der Waals surface area contributed by atoms with Crippen LogP contribution < -0.4 is 5.32 Å². The molecule has 0 aliphatic carbocycles. The number of aromatic nitrogens is 2. The molecule has 1 N–H and O–H groups in total. The van der Waals surface area contributed by atoms with Crippen molar-refractivity contribution in [3.05, 3.63) is 47.1 Å². The van der Waals surface area contributed by atoms with Crippen molar-refractivity contribution in [2.75, 3.05) is 0 Å². The second kappa shape index (κ2) is 5.65. The SMILES string of the molecule is CCc1onc(C)c1C(=O)NC(C)c1ccccn1. The highest BCUT2D eigenvalue weighted by Crippen LogP contribution is 2.16. The lowest BCUT2D eigenvalue weighted by atomic mass is 10.1. The van der Waals surface area contributed by atoms with E-state index in [1.807, 2.05) is 32.0 Å². The molecule has 0 fully saturated rings. The summed E-state index contributed by atoms with van der Waals surface area (Å²) in [5.41, 5.74) is 1.97. The predicted octanol–water partition coefficient (Wildman–Crippen LogP) is 2.43. The van der Waals surface area contributed by atoms with Gasteiger partial charge in [0.05, 0.1) is 17.4 Å². The van der Waals surface area contributed by atoms with Gasteiger partial charge < -0.3 is 9.84 Å². The minimum Gasteiger partial charge on any atom is -0.360 e. The van der Waals surface area contributed by atoms with Crippen molar-refractivity contribution in [3.63, 3.8) is 0 Å². The van der Waals surface area contributed by atoms with Crippen LogP contribution in [0.5, 0.6) is 0 Å². The largest absolute Gasteiger partial charge is 0.360 e. The molecule has 0 aromatic carbocycles. The maximum absolute atomic E-state index is 12.3. The minimum absolute atomic E-state index is 0.160. The number of rotatable bonds is 4. The first kappa shape index (κ1) is 13.3. The van der Waals surface area contributed by atoms with Crippen LogP contribution in [0.2, 0.25) is 0 Å². The number of hydrogen-bond donors (Lipinski definition) is 1. The Morgan fingerprint density at radius 2 is 2.26 bits per heavy atom. The second-order valence-corrected chi connectivity index (χ2v) is 4.37. The van der Waals surface area contributed by atoms with Crippen molar-refractivity contribution < 1.29 is 9.32 Å². The van der Waals surface area contributed by atoms with Crippen LogP contribution in [0.3, 0.4) is 0 Å². The summed E-state index contributed by atoms with van der Waals surface area (Å²) in [6, 6.07) is 5.46. The van der Waals surface area contributed by atoms with E-state index in [0.717, 1.165) is 5.69 Å². The van der Waals surface area contributed by atoms with Gasteiger partial charge >= 0.3 is 0 Å². The lowest BCUT2D eigenvalue weighted by Gasteiger charge is -2.13. The third kappa shape index (κ3) is 2.81. The molecule has 0 aliphatic rings. The van der Waals surface area contributed by atoms with Crippen molar-refractivity contribution in [1.29, 1.82) is 0 Å². The summed E-state index contributed by atoms with van der Waals surface area (Å²) in [5.74, 6) is 0.442. The lowest BCUT2D eigenvalue weighted by molar-refractivity contribution is 0.0936. The minimum atomic E-state index is -0.172. The van der Waals surface area contributed by atoms with Gasteiger partial charge in [-0.3, -0.25) is 9.78 Å². The smallest absolute Gasteiger partial charge is 0.257 e. The topological polar surface area (TPSA) is 68.0 Å². The molecule has 0 aliphatic heterocycles. The molecular weight excluding hydrogens is 242 g/mol. The first-order chi connectivity index (χ1) is 9.13. The Kier molecular flexibility index (Phi) is 3.94. The molecule has 0 bridgehead atoms. The second-order valence-electron chi connectivity index (χ2n) is 4.37. The Hall–Kier alpha value is -2.17. The van der Waals surface area contributed by atoms with E-state index in [-0.39, 0.29) is 11.9 Å². The molecule has 5 heteroatoms. The summed E-state index contributed by atoms with van der Waals surface area (Å²) in [6.07, 6.45) is 2.35. The molecule has 2 aromatic rings. The van der Waals surface area contributed by atoms with E-state index in [4.69, 9.17) is 4.52 Å². The highest BCUT2D eigenvalue weighted by molar-refractivity contribution is 5.96. The average Bonchev–Trinajstić information content (AvgIpc) is 2.80. The van der Waals surface area contributed by atoms with Crippen LogP contribution in [0.4, 0.5) is 0 Å². The van der Waals surface area contributed by atoms with Gasteiger partial charge in [-0.15, -0.1) is 0 Å². The molecular formula is C14H17N3O2. The molecule has 1 unspecified atom stereocenters. The Morgan fingerprint density at radius 3 is 2.89 bits per heavy atom. The maximum atomic E-state index is 12.3. The van der Waals surface area contributed by atoms with E-state index < -0.39 is 0 Å². The van der Waals surface area contributed by atoms with Crippen LogP contribution in [0.1, 0.15) is 47.4 Å². The van der Waals surface area contributed by atoms with Gasteiger partial charge in [-0.05, 0) is 26.0 Å². The molecule has 19 heavy (non-hydrogen) atoms. The number of nitrogens with zero attached hydrogens (tertiary/aromatic N) is 2. The van der Waals surface area contributed by atoms with E-state index in [1.54, 1.807) is 13.1 Å². The fraction of sp³-hybridized carbons (Fsp3) is 0.357. The maximum Gasteiger partial charge on any atom is 0.257 e. The van der Waals surface area contributed by atoms with Gasteiger partial charge in [-0.1, -0.05) is 18.1 Å². The highest BCUT2D eigenvalue weighted by Gasteiger charge is 2.21. The van der Waals surface area contributed by atoms with Gasteiger partial charge in [0, 0.05) is 12.6 Å². The van der Waals surface area contributed by atoms with Crippen LogP contribution in [0, 0.1) is 6.92 Å². The standard InChI is InChI=1S/C14H17N3O2/c1-4-12-13(10(3)17-19-12)14(18)16-9(2)11-7-5-6-8-15-11/h5-9H,4H2,1-3H3,(H,16,18). The fourth-order valence-electron chi connectivity index (χ4n) is 1.92. The third-order valence-corrected chi connectivity index (χ3v) is 2.96. The Bertz CT molecular complexity index is 563. The predicted molar refractivity (Wildman–Crippen MR) is 70.7 cm³/mol. The number of carbonyl (C=O) groups excluding carboxylic acids is 1. The van der Waals surface area contributed by atoms with Gasteiger partial charge in [0.1, 0.15) is 11.3 Å². The highest BCUT2D eigenvalue weighted by atomic mass is 16.5. The van der Waals surface area contributed by atoms with Crippen molar-refractivity contribution >= 4 is 5.91 Å². The molecule has 0 spiro atoms. The summed E-state index contributed by atoms with van der Waals surface area (Å²) >= 11 is 0. The van der Waals surface area contributed by atoms with Crippen LogP contribution in [-0.4, -0.2) is 16.0 Å². The Balaban J connectivity index is 2.15. The molecule has 2 heterocycles. The Morgan fingerprint density at radius 1 is 1.47 bits per heavy atom. The zero-order chi connectivity index (χ0) is 13.8. The molecule has 2 aromatic heterocycles. The quantitative estimate of drug-likeness (QED) is 0.915. The summed E-state index contributed by atoms with van der Waals surface area (Å²) in [4.78, 5) is 16.5. The molecule has 0 saturated heterocycles. The molecule has 1 atom stereocenters. The molecule has 0 radical (unpaired) electrons. The monoisotopic (exact) mass is 259 g/mol. The van der Waals surface area contributed by atoms with Crippen molar-refractivity contribution in [2.45, 2.75) is 33.2 Å². The van der Waals surface area contributed by atoms with Gasteiger partial charge in [-0.2, -0.15) is 0 Å². The molecule has 1 amide bonds. The molecule has 0 saturated carbocycles.